The van der Waals surface area contributed by atoms with E-state index < -0.39 is 50.6 Å². The van der Waals surface area contributed by atoms with E-state index in [1.165, 1.54) is 10.9 Å². The van der Waals surface area contributed by atoms with Crippen LogP contribution in [0.4, 0.5) is 5.95 Å². The van der Waals surface area contributed by atoms with Crippen LogP contribution in [0.25, 0.3) is 11.2 Å². The van der Waals surface area contributed by atoms with Gasteiger partial charge < -0.3 is 35.4 Å². The number of rotatable bonds is 9. The van der Waals surface area contributed by atoms with Gasteiger partial charge in [-0.3, -0.25) is 23.7 Å². The van der Waals surface area contributed by atoms with E-state index in [1.54, 1.807) is 6.92 Å². The number of imidazole rings is 1. The summed E-state index contributed by atoms with van der Waals surface area (Å²) in [7, 11) is -4.82. The van der Waals surface area contributed by atoms with Crippen molar-refractivity contribution in [3.8, 4) is 0 Å². The Morgan fingerprint density at radius 1 is 1.41 bits per heavy atom. The largest absolute Gasteiger partial charge is 0.469 e. The Labute approximate surface area is 181 Å². The molecule has 3 rings (SSSR count). The third kappa shape index (κ3) is 5.32. The minimum atomic E-state index is -4.82. The third-order valence-corrected chi connectivity index (χ3v) is 5.23. The lowest BCUT2D eigenvalue weighted by Crippen LogP contribution is -2.38. The molecule has 2 aromatic heterocycles. The van der Waals surface area contributed by atoms with E-state index in [9.17, 15) is 24.4 Å². The summed E-state index contributed by atoms with van der Waals surface area (Å²) < 4.78 is 21.9. The van der Waals surface area contributed by atoms with Crippen molar-refractivity contribution < 1.29 is 38.6 Å². The number of nitrogens with zero attached hydrogens (tertiary/aromatic N) is 3. The number of hydrogen-bond donors (Lipinski definition) is 7. The molecule has 7 N–H and O–H groups in total. The highest BCUT2D eigenvalue weighted by Gasteiger charge is 2.45. The van der Waals surface area contributed by atoms with Crippen molar-refractivity contribution in [1.29, 1.82) is 0 Å². The lowest BCUT2D eigenvalue weighted by molar-refractivity contribution is -0.121. The number of aliphatic hydroxyl groups excluding tert-OH is 2. The molecule has 178 valence electrons. The molecule has 1 saturated heterocycles. The predicted octanol–water partition coefficient (Wildman–Crippen LogP) is -1.83. The first kappa shape index (κ1) is 24.3. The van der Waals surface area contributed by atoms with E-state index in [-0.39, 0.29) is 23.0 Å². The van der Waals surface area contributed by atoms with Crippen molar-refractivity contribution in [2.75, 3.05) is 18.5 Å². The molecule has 1 aliphatic rings. The molecular weight excluding hydrogens is 451 g/mol. The number of hydrogen-bond acceptors (Lipinski definition) is 10. The average Bonchev–Trinajstić information content (AvgIpc) is 3.25. The van der Waals surface area contributed by atoms with Gasteiger partial charge >= 0.3 is 7.82 Å². The standard InChI is InChI=1S/C16H25N6O9P/c1-3-4-17-13(25)7(2)19-16-20-12-9(14(26)21-16)18-6-22(12)15-11(24)10(23)8(31-15)5-30-32(27,28)29/h6-8,10-11,15,23-24H,3-5H2,1-2H3,(H,17,25)(H2,27,28,29)(H2,19,20,21,26)/t7-,8-,10-,11-,15-/m1/s1. The van der Waals surface area contributed by atoms with Gasteiger partial charge in [0.25, 0.3) is 5.56 Å². The quantitative estimate of drug-likeness (QED) is 0.199. The number of anilines is 1. The van der Waals surface area contributed by atoms with Crippen molar-refractivity contribution in [1.82, 2.24) is 24.8 Å². The summed E-state index contributed by atoms with van der Waals surface area (Å²) in [5.41, 5.74) is -0.712. The first-order chi connectivity index (χ1) is 15.0. The number of amides is 1. The highest BCUT2D eigenvalue weighted by atomic mass is 31.2. The van der Waals surface area contributed by atoms with Crippen LogP contribution in [0.3, 0.4) is 0 Å². The van der Waals surface area contributed by atoms with Gasteiger partial charge in [-0.15, -0.1) is 0 Å². The van der Waals surface area contributed by atoms with Crippen LogP contribution in [-0.4, -0.2) is 82.9 Å². The lowest BCUT2D eigenvalue weighted by Gasteiger charge is -2.17. The summed E-state index contributed by atoms with van der Waals surface area (Å²) in [6.45, 7) is 3.30. The van der Waals surface area contributed by atoms with Gasteiger partial charge in [-0.2, -0.15) is 4.98 Å². The molecule has 5 atom stereocenters. The molecule has 1 fully saturated rings. The van der Waals surface area contributed by atoms with Gasteiger partial charge in [-0.05, 0) is 13.3 Å². The summed E-state index contributed by atoms with van der Waals surface area (Å²) in [4.78, 5) is 52.8. The molecule has 15 nitrogen and oxygen atoms in total. The van der Waals surface area contributed by atoms with Crippen LogP contribution in [-0.2, 0) is 18.6 Å². The van der Waals surface area contributed by atoms with E-state index in [4.69, 9.17) is 14.5 Å². The maximum absolute atomic E-state index is 12.4. The minimum absolute atomic E-state index is 0.00905. The van der Waals surface area contributed by atoms with Crippen LogP contribution < -0.4 is 16.2 Å². The van der Waals surface area contributed by atoms with Gasteiger partial charge in [-0.1, -0.05) is 6.92 Å². The number of aromatic nitrogens is 4. The van der Waals surface area contributed by atoms with Crippen LogP contribution in [0.5, 0.6) is 0 Å². The number of aliphatic hydroxyl groups is 2. The normalized spacial score (nSPS) is 24.6. The van der Waals surface area contributed by atoms with Gasteiger partial charge in [0.05, 0.1) is 12.9 Å². The first-order valence-corrected chi connectivity index (χ1v) is 11.3. The molecule has 0 spiro atoms. The highest BCUT2D eigenvalue weighted by molar-refractivity contribution is 7.46. The maximum atomic E-state index is 12.4. The highest BCUT2D eigenvalue weighted by Crippen LogP contribution is 2.38. The molecular formula is C16H25N6O9P. The number of H-pyrrole nitrogens is 1. The van der Waals surface area contributed by atoms with Crippen LogP contribution in [0.15, 0.2) is 11.1 Å². The Kier molecular flexibility index (Phi) is 7.29. The van der Waals surface area contributed by atoms with Gasteiger partial charge in [0.2, 0.25) is 11.9 Å². The number of aromatic amines is 1. The van der Waals surface area contributed by atoms with E-state index in [1.807, 2.05) is 6.92 Å². The number of phosphoric acid groups is 1. The predicted molar refractivity (Wildman–Crippen MR) is 108 cm³/mol. The second kappa shape index (κ2) is 9.62. The van der Waals surface area contributed by atoms with Crippen LogP contribution in [0.1, 0.15) is 26.5 Å². The van der Waals surface area contributed by atoms with E-state index in [0.717, 1.165) is 6.42 Å². The molecule has 1 amide bonds. The zero-order valence-electron chi connectivity index (χ0n) is 17.2. The summed E-state index contributed by atoms with van der Waals surface area (Å²) in [5.74, 6) is -0.327. The molecule has 3 heterocycles. The Bertz CT molecular complexity index is 1070. The molecule has 0 unspecified atom stereocenters. The number of carbonyl (C=O) groups is 1. The zero-order chi connectivity index (χ0) is 23.6. The van der Waals surface area contributed by atoms with Crippen molar-refractivity contribution in [2.45, 2.75) is 50.8 Å². The van der Waals surface area contributed by atoms with Gasteiger partial charge in [0.15, 0.2) is 17.4 Å². The molecule has 0 aromatic carbocycles. The fourth-order valence-electron chi connectivity index (χ4n) is 3.12. The Hall–Kier alpha value is -2.39. The van der Waals surface area contributed by atoms with Crippen LogP contribution in [0.2, 0.25) is 0 Å². The SMILES string of the molecule is CCCNC(=O)[C@@H](C)Nc1nc2c(ncn2[C@@H]2O[C@H](COP(=O)(O)O)[C@@H](O)[C@H]2O)c(=O)[nH]1. The van der Waals surface area contributed by atoms with E-state index >= 15 is 0 Å². The van der Waals surface area contributed by atoms with Crippen LogP contribution in [0, 0.1) is 0 Å². The number of fused-ring (bicyclic) bond motifs is 1. The number of nitrogens with one attached hydrogen (secondary N) is 3. The van der Waals surface area contributed by atoms with Crippen molar-refractivity contribution in [3.63, 3.8) is 0 Å². The minimum Gasteiger partial charge on any atom is -0.387 e. The lowest BCUT2D eigenvalue weighted by atomic mass is 10.1. The smallest absolute Gasteiger partial charge is 0.387 e. The zero-order valence-corrected chi connectivity index (χ0v) is 18.1. The Morgan fingerprint density at radius 3 is 2.78 bits per heavy atom. The van der Waals surface area contributed by atoms with E-state index in [2.05, 4.69) is 30.1 Å². The van der Waals surface area contributed by atoms with Crippen molar-refractivity contribution in [2.24, 2.45) is 0 Å². The molecule has 2 aromatic rings. The molecule has 0 radical (unpaired) electrons. The summed E-state index contributed by atoms with van der Waals surface area (Å²) in [5, 5.41) is 26.0. The number of carbonyl (C=O) groups excluding carboxylic acids is 1. The van der Waals surface area contributed by atoms with Gasteiger partial charge in [-0.25, -0.2) is 9.55 Å². The molecule has 1 aliphatic heterocycles. The van der Waals surface area contributed by atoms with E-state index in [0.29, 0.717) is 6.54 Å². The van der Waals surface area contributed by atoms with Crippen molar-refractivity contribution >= 4 is 30.8 Å². The Morgan fingerprint density at radius 2 is 2.12 bits per heavy atom. The molecule has 0 bridgehead atoms. The van der Waals surface area contributed by atoms with Gasteiger partial charge in [0.1, 0.15) is 24.4 Å². The summed E-state index contributed by atoms with van der Waals surface area (Å²) >= 11 is 0. The fourth-order valence-corrected chi connectivity index (χ4v) is 3.46. The molecule has 32 heavy (non-hydrogen) atoms. The fraction of sp³-hybridized carbons (Fsp3) is 0.625. The van der Waals surface area contributed by atoms with Crippen molar-refractivity contribution in [3.05, 3.63) is 16.7 Å². The number of ether oxygens (including phenoxy) is 1. The topological polar surface area (TPSA) is 221 Å². The summed E-state index contributed by atoms with van der Waals surface area (Å²) in [6.07, 6.45) is -3.68. The third-order valence-electron chi connectivity index (χ3n) is 4.75. The number of phosphoric ester groups is 1. The molecule has 16 heteroatoms. The second-order valence-electron chi connectivity index (χ2n) is 7.23. The second-order valence-corrected chi connectivity index (χ2v) is 8.47. The van der Waals surface area contributed by atoms with Gasteiger partial charge in [0, 0.05) is 6.54 Å². The molecule has 0 aliphatic carbocycles. The summed E-state index contributed by atoms with van der Waals surface area (Å²) in [6, 6.07) is -0.720. The monoisotopic (exact) mass is 476 g/mol. The first-order valence-electron chi connectivity index (χ1n) is 9.74. The Balaban J connectivity index is 1.84. The van der Waals surface area contributed by atoms with Crippen LogP contribution >= 0.6 is 7.82 Å². The average molecular weight is 476 g/mol. The maximum Gasteiger partial charge on any atom is 0.469 e. The molecule has 0 saturated carbocycles.